The van der Waals surface area contributed by atoms with E-state index in [9.17, 15) is 4.79 Å². The first-order valence-corrected chi connectivity index (χ1v) is 7.02. The van der Waals surface area contributed by atoms with E-state index >= 15 is 0 Å². The van der Waals surface area contributed by atoms with Crippen molar-refractivity contribution in [2.45, 2.75) is 19.9 Å². The average Bonchev–Trinajstić information content (AvgIpc) is 2.95. The van der Waals surface area contributed by atoms with E-state index < -0.39 is 0 Å². The summed E-state index contributed by atoms with van der Waals surface area (Å²) in [5.41, 5.74) is 7.52. The molecule has 0 saturated carbocycles. The Labute approximate surface area is 120 Å². The zero-order valence-corrected chi connectivity index (χ0v) is 12.4. The molecule has 0 spiro atoms. The molecule has 0 aliphatic heterocycles. The lowest BCUT2D eigenvalue weighted by molar-refractivity contribution is 0.0906. The van der Waals surface area contributed by atoms with Gasteiger partial charge >= 0.3 is 0 Å². The second-order valence-corrected chi connectivity index (χ2v) is 5.45. The lowest BCUT2D eigenvalue weighted by Crippen LogP contribution is -2.36. The SMILES string of the molecule is COCC(C)NC(=O)c1c(-c2sccc2C)noc1N. The van der Waals surface area contributed by atoms with Crippen molar-refractivity contribution < 1.29 is 14.1 Å². The van der Waals surface area contributed by atoms with Crippen LogP contribution in [0.2, 0.25) is 0 Å². The summed E-state index contributed by atoms with van der Waals surface area (Å²) >= 11 is 1.49. The molecule has 0 aliphatic rings. The average molecular weight is 295 g/mol. The number of anilines is 1. The minimum Gasteiger partial charge on any atom is -0.383 e. The van der Waals surface area contributed by atoms with E-state index in [0.29, 0.717) is 12.3 Å². The van der Waals surface area contributed by atoms with Crippen LogP contribution in [-0.4, -0.2) is 30.8 Å². The number of amides is 1. The minimum atomic E-state index is -0.309. The normalized spacial score (nSPS) is 12.3. The molecule has 0 aliphatic carbocycles. The highest BCUT2D eigenvalue weighted by Gasteiger charge is 2.25. The van der Waals surface area contributed by atoms with Gasteiger partial charge in [0.2, 0.25) is 5.88 Å². The van der Waals surface area contributed by atoms with E-state index in [0.717, 1.165) is 10.4 Å². The molecule has 2 aromatic rings. The van der Waals surface area contributed by atoms with Crippen molar-refractivity contribution in [3.8, 4) is 10.6 Å². The molecule has 7 heteroatoms. The third-order valence-corrected chi connectivity index (χ3v) is 3.84. The number of ether oxygens (including phenoxy) is 1. The Kier molecular flexibility index (Phi) is 4.41. The summed E-state index contributed by atoms with van der Waals surface area (Å²) < 4.78 is 9.97. The molecule has 6 nitrogen and oxygen atoms in total. The molecular formula is C13H17N3O3S. The lowest BCUT2D eigenvalue weighted by atomic mass is 10.1. The van der Waals surface area contributed by atoms with Crippen LogP contribution < -0.4 is 11.1 Å². The summed E-state index contributed by atoms with van der Waals surface area (Å²) in [5.74, 6) is -0.286. The molecule has 2 aromatic heterocycles. The van der Waals surface area contributed by atoms with Crippen LogP contribution in [0.1, 0.15) is 22.8 Å². The van der Waals surface area contributed by atoms with Crippen molar-refractivity contribution in [1.29, 1.82) is 0 Å². The molecule has 0 bridgehead atoms. The predicted octanol–water partition coefficient (Wildman–Crippen LogP) is 2.06. The summed E-state index contributed by atoms with van der Waals surface area (Å²) in [5, 5.41) is 8.65. The maximum absolute atomic E-state index is 12.3. The third-order valence-electron chi connectivity index (χ3n) is 2.82. The van der Waals surface area contributed by atoms with Gasteiger partial charge in [0.1, 0.15) is 11.3 Å². The van der Waals surface area contributed by atoms with Crippen molar-refractivity contribution in [3.63, 3.8) is 0 Å². The molecule has 0 aromatic carbocycles. The fourth-order valence-corrected chi connectivity index (χ4v) is 2.79. The Morgan fingerprint density at radius 3 is 3.00 bits per heavy atom. The summed E-state index contributed by atoms with van der Waals surface area (Å²) in [7, 11) is 1.58. The first kappa shape index (κ1) is 14.5. The number of aryl methyl sites for hydroxylation is 1. The van der Waals surface area contributed by atoms with Crippen LogP contribution in [0.15, 0.2) is 16.0 Å². The largest absolute Gasteiger partial charge is 0.383 e. The number of hydrogen-bond donors (Lipinski definition) is 2. The number of methoxy groups -OCH3 is 1. The Bertz CT molecular complexity index is 606. The Morgan fingerprint density at radius 1 is 1.65 bits per heavy atom. The molecule has 3 N–H and O–H groups in total. The Balaban J connectivity index is 2.30. The maximum atomic E-state index is 12.3. The first-order chi connectivity index (χ1) is 9.54. The van der Waals surface area contributed by atoms with Gasteiger partial charge in [-0.1, -0.05) is 5.16 Å². The number of carbonyl (C=O) groups excluding carboxylic acids is 1. The van der Waals surface area contributed by atoms with Crippen LogP contribution in [0.3, 0.4) is 0 Å². The Hall–Kier alpha value is -1.86. The van der Waals surface area contributed by atoms with Crippen molar-refractivity contribution in [2.24, 2.45) is 0 Å². The standard InChI is InChI=1S/C13H17N3O3S/c1-7-4-5-20-11(7)10-9(12(14)19-16-10)13(17)15-8(2)6-18-3/h4-5,8H,6,14H2,1-3H3,(H,15,17). The van der Waals surface area contributed by atoms with Crippen LogP contribution in [0.4, 0.5) is 5.88 Å². The topological polar surface area (TPSA) is 90.4 Å². The van der Waals surface area contributed by atoms with E-state index in [1.807, 2.05) is 25.3 Å². The number of nitrogens with two attached hydrogens (primary N) is 1. The smallest absolute Gasteiger partial charge is 0.259 e. The second-order valence-electron chi connectivity index (χ2n) is 4.53. The molecule has 1 atom stereocenters. The number of hydrogen-bond acceptors (Lipinski definition) is 6. The molecule has 2 rings (SSSR count). The zero-order valence-electron chi connectivity index (χ0n) is 11.6. The maximum Gasteiger partial charge on any atom is 0.259 e. The van der Waals surface area contributed by atoms with Crippen LogP contribution >= 0.6 is 11.3 Å². The van der Waals surface area contributed by atoms with Crippen LogP contribution in [0, 0.1) is 6.92 Å². The van der Waals surface area contributed by atoms with Gasteiger partial charge in [-0.3, -0.25) is 4.79 Å². The molecule has 20 heavy (non-hydrogen) atoms. The number of rotatable bonds is 5. The van der Waals surface area contributed by atoms with Crippen molar-refractivity contribution in [1.82, 2.24) is 10.5 Å². The van der Waals surface area contributed by atoms with Gasteiger partial charge in [0.15, 0.2) is 0 Å². The number of thiophene rings is 1. The highest BCUT2D eigenvalue weighted by atomic mass is 32.1. The van der Waals surface area contributed by atoms with E-state index in [2.05, 4.69) is 10.5 Å². The van der Waals surface area contributed by atoms with Crippen molar-refractivity contribution >= 4 is 23.1 Å². The molecule has 1 amide bonds. The minimum absolute atomic E-state index is 0.0231. The predicted molar refractivity (Wildman–Crippen MR) is 77.8 cm³/mol. The van der Waals surface area contributed by atoms with Gasteiger partial charge in [0.25, 0.3) is 5.91 Å². The highest BCUT2D eigenvalue weighted by Crippen LogP contribution is 2.33. The highest BCUT2D eigenvalue weighted by molar-refractivity contribution is 7.13. The van der Waals surface area contributed by atoms with Gasteiger partial charge in [0, 0.05) is 13.2 Å². The summed E-state index contributed by atoms with van der Waals surface area (Å²) in [6.45, 7) is 4.22. The third kappa shape index (κ3) is 2.83. The molecule has 108 valence electrons. The monoisotopic (exact) mass is 295 g/mol. The van der Waals surface area contributed by atoms with Gasteiger partial charge in [-0.2, -0.15) is 0 Å². The Morgan fingerprint density at radius 2 is 2.40 bits per heavy atom. The fourth-order valence-electron chi connectivity index (χ4n) is 1.88. The number of aromatic nitrogens is 1. The molecule has 0 radical (unpaired) electrons. The summed E-state index contributed by atoms with van der Waals surface area (Å²) in [6.07, 6.45) is 0. The van der Waals surface area contributed by atoms with Crippen molar-refractivity contribution in [2.75, 3.05) is 19.5 Å². The first-order valence-electron chi connectivity index (χ1n) is 6.14. The van der Waals surface area contributed by atoms with Crippen molar-refractivity contribution in [3.05, 3.63) is 22.6 Å². The van der Waals surface area contributed by atoms with Crippen LogP contribution in [0.25, 0.3) is 10.6 Å². The van der Waals surface area contributed by atoms with Crippen LogP contribution in [0.5, 0.6) is 0 Å². The summed E-state index contributed by atoms with van der Waals surface area (Å²) in [4.78, 5) is 13.2. The van der Waals surface area contributed by atoms with E-state index in [4.69, 9.17) is 15.0 Å². The summed E-state index contributed by atoms with van der Waals surface area (Å²) in [6, 6.07) is 1.83. The number of nitrogens with zero attached hydrogens (tertiary/aromatic N) is 1. The molecular weight excluding hydrogens is 278 g/mol. The van der Waals surface area contributed by atoms with Gasteiger partial charge < -0.3 is 20.3 Å². The number of nitrogens with one attached hydrogen (secondary N) is 1. The molecule has 1 unspecified atom stereocenters. The van der Waals surface area contributed by atoms with Gasteiger partial charge in [-0.05, 0) is 30.9 Å². The van der Waals surface area contributed by atoms with Gasteiger partial charge in [-0.15, -0.1) is 11.3 Å². The van der Waals surface area contributed by atoms with E-state index in [1.165, 1.54) is 11.3 Å². The second kappa shape index (κ2) is 6.06. The quantitative estimate of drug-likeness (QED) is 0.881. The number of nitrogen functional groups attached to an aromatic ring is 1. The van der Waals surface area contributed by atoms with Crippen LogP contribution in [-0.2, 0) is 4.74 Å². The molecule has 0 fully saturated rings. The molecule has 2 heterocycles. The fraction of sp³-hybridized carbons (Fsp3) is 0.385. The zero-order chi connectivity index (χ0) is 14.7. The molecule has 0 saturated heterocycles. The van der Waals surface area contributed by atoms with E-state index in [1.54, 1.807) is 7.11 Å². The van der Waals surface area contributed by atoms with Gasteiger partial charge in [0.05, 0.1) is 11.5 Å². The van der Waals surface area contributed by atoms with E-state index in [-0.39, 0.29) is 23.4 Å². The lowest BCUT2D eigenvalue weighted by Gasteiger charge is -2.12. The van der Waals surface area contributed by atoms with Gasteiger partial charge in [-0.25, -0.2) is 0 Å². The number of carbonyl (C=O) groups is 1.